The Morgan fingerprint density at radius 2 is 2.22 bits per heavy atom. The summed E-state index contributed by atoms with van der Waals surface area (Å²) in [5, 5.41) is 0. The van der Waals surface area contributed by atoms with Crippen LogP contribution in [0.3, 0.4) is 0 Å². The van der Waals surface area contributed by atoms with Crippen LogP contribution in [0.25, 0.3) is 0 Å². The largest absolute Gasteiger partial charge is 0.381 e. The molecule has 1 fully saturated rings. The summed E-state index contributed by atoms with van der Waals surface area (Å²) < 4.78 is 5.18. The topological polar surface area (TPSA) is 35.2 Å². The molecule has 2 heteroatoms. The van der Waals surface area contributed by atoms with Gasteiger partial charge in [-0.25, -0.2) is 0 Å². The van der Waals surface area contributed by atoms with Gasteiger partial charge in [0.1, 0.15) is 0 Å². The molecule has 0 heterocycles. The van der Waals surface area contributed by atoms with Crippen LogP contribution < -0.4 is 5.73 Å². The van der Waals surface area contributed by atoms with Gasteiger partial charge in [-0.3, -0.25) is 0 Å². The lowest BCUT2D eigenvalue weighted by Gasteiger charge is -2.24. The number of hydrogen-bond acceptors (Lipinski definition) is 2. The summed E-state index contributed by atoms with van der Waals surface area (Å²) in [6.07, 6.45) is 5.11. The second-order valence-electron chi connectivity index (χ2n) is 2.78. The standard InChI is InChI=1S/C7H15NO/c1-9-7-4-2-3-6(8)5-7/h6-7H,2-5,8H2,1H3/t6-,7-/m1/s1. The van der Waals surface area contributed by atoms with Gasteiger partial charge in [0.15, 0.2) is 0 Å². The molecule has 0 aliphatic heterocycles. The zero-order valence-corrected chi connectivity index (χ0v) is 5.97. The lowest BCUT2D eigenvalue weighted by molar-refractivity contribution is 0.0645. The van der Waals surface area contributed by atoms with E-state index in [1.807, 2.05) is 0 Å². The van der Waals surface area contributed by atoms with Gasteiger partial charge in [0.2, 0.25) is 0 Å². The Balaban J connectivity index is 2.23. The Labute approximate surface area is 56.4 Å². The molecule has 0 unspecified atom stereocenters. The van der Waals surface area contributed by atoms with Crippen molar-refractivity contribution in [3.05, 3.63) is 0 Å². The molecule has 0 bridgehead atoms. The normalized spacial score (nSPS) is 36.7. The van der Waals surface area contributed by atoms with Crippen LogP contribution in [0.1, 0.15) is 25.7 Å². The predicted octanol–water partition coefficient (Wildman–Crippen LogP) is 0.903. The highest BCUT2D eigenvalue weighted by atomic mass is 16.5. The molecule has 0 aromatic carbocycles. The van der Waals surface area contributed by atoms with Crippen LogP contribution in [0, 0.1) is 0 Å². The van der Waals surface area contributed by atoms with Gasteiger partial charge in [-0.2, -0.15) is 0 Å². The number of ether oxygens (including phenoxy) is 1. The van der Waals surface area contributed by atoms with Crippen LogP contribution in [0.15, 0.2) is 0 Å². The maximum Gasteiger partial charge on any atom is 0.0586 e. The molecule has 0 spiro atoms. The molecule has 0 saturated heterocycles. The van der Waals surface area contributed by atoms with Crippen molar-refractivity contribution in [2.75, 3.05) is 7.11 Å². The number of nitrogens with two attached hydrogens (primary N) is 1. The number of methoxy groups -OCH3 is 1. The van der Waals surface area contributed by atoms with E-state index in [0.717, 1.165) is 6.42 Å². The third-order valence-corrected chi connectivity index (χ3v) is 2.00. The van der Waals surface area contributed by atoms with Gasteiger partial charge in [0.25, 0.3) is 0 Å². The second kappa shape index (κ2) is 3.18. The van der Waals surface area contributed by atoms with Crippen molar-refractivity contribution in [2.24, 2.45) is 5.73 Å². The van der Waals surface area contributed by atoms with E-state index in [1.165, 1.54) is 19.3 Å². The van der Waals surface area contributed by atoms with Crippen LogP contribution in [-0.2, 0) is 4.74 Å². The Bertz CT molecular complexity index is 85.0. The molecular formula is C7H15NO. The molecule has 2 atom stereocenters. The molecule has 2 N–H and O–H groups in total. The van der Waals surface area contributed by atoms with Gasteiger partial charge in [-0.15, -0.1) is 0 Å². The molecule has 0 amide bonds. The van der Waals surface area contributed by atoms with Gasteiger partial charge in [-0.1, -0.05) is 0 Å². The molecular weight excluding hydrogens is 114 g/mol. The van der Waals surface area contributed by atoms with Crippen molar-refractivity contribution in [3.63, 3.8) is 0 Å². The molecule has 0 aromatic rings. The van der Waals surface area contributed by atoms with Crippen LogP contribution in [0.5, 0.6) is 0 Å². The smallest absolute Gasteiger partial charge is 0.0586 e. The van der Waals surface area contributed by atoms with Crippen molar-refractivity contribution in [2.45, 2.75) is 37.8 Å². The van der Waals surface area contributed by atoms with Crippen LogP contribution in [0.4, 0.5) is 0 Å². The van der Waals surface area contributed by atoms with Gasteiger partial charge in [0.05, 0.1) is 6.10 Å². The molecule has 1 aliphatic rings. The van der Waals surface area contributed by atoms with Gasteiger partial charge in [0, 0.05) is 13.2 Å². The summed E-state index contributed by atoms with van der Waals surface area (Å²) in [6, 6.07) is 0.392. The molecule has 0 radical (unpaired) electrons. The molecule has 1 rings (SSSR count). The molecule has 54 valence electrons. The van der Waals surface area contributed by atoms with Gasteiger partial charge >= 0.3 is 0 Å². The highest BCUT2D eigenvalue weighted by Gasteiger charge is 2.17. The summed E-state index contributed by atoms with van der Waals surface area (Å²) in [5.41, 5.74) is 5.72. The van der Waals surface area contributed by atoms with Crippen LogP contribution in [-0.4, -0.2) is 19.3 Å². The summed E-state index contributed by atoms with van der Waals surface area (Å²) in [4.78, 5) is 0. The third kappa shape index (κ3) is 1.95. The van der Waals surface area contributed by atoms with Crippen molar-refractivity contribution < 1.29 is 4.74 Å². The summed E-state index contributed by atoms with van der Waals surface area (Å²) >= 11 is 0. The van der Waals surface area contributed by atoms with E-state index < -0.39 is 0 Å². The molecule has 2 nitrogen and oxygen atoms in total. The molecule has 1 aliphatic carbocycles. The number of rotatable bonds is 1. The van der Waals surface area contributed by atoms with E-state index in [0.29, 0.717) is 12.1 Å². The Kier molecular flexibility index (Phi) is 2.49. The monoisotopic (exact) mass is 129 g/mol. The van der Waals surface area contributed by atoms with Crippen molar-refractivity contribution in [1.82, 2.24) is 0 Å². The van der Waals surface area contributed by atoms with E-state index in [2.05, 4.69) is 0 Å². The maximum absolute atomic E-state index is 5.72. The van der Waals surface area contributed by atoms with E-state index >= 15 is 0 Å². The first-order chi connectivity index (χ1) is 4.33. The lowest BCUT2D eigenvalue weighted by atomic mass is 9.94. The minimum absolute atomic E-state index is 0.392. The zero-order chi connectivity index (χ0) is 6.69. The zero-order valence-electron chi connectivity index (χ0n) is 5.97. The first-order valence-electron chi connectivity index (χ1n) is 3.61. The highest BCUT2D eigenvalue weighted by molar-refractivity contribution is 4.74. The SMILES string of the molecule is CO[C@@H]1CCC[C@@H](N)C1. The average molecular weight is 129 g/mol. The number of hydrogen-bond donors (Lipinski definition) is 1. The van der Waals surface area contributed by atoms with E-state index in [1.54, 1.807) is 7.11 Å². The predicted molar refractivity (Wildman–Crippen MR) is 37.2 cm³/mol. The first kappa shape index (κ1) is 7.03. The summed E-state index contributed by atoms with van der Waals surface area (Å²) in [6.45, 7) is 0. The van der Waals surface area contributed by atoms with E-state index in [9.17, 15) is 0 Å². The van der Waals surface area contributed by atoms with Crippen LogP contribution >= 0.6 is 0 Å². The Morgan fingerprint density at radius 3 is 2.67 bits per heavy atom. The lowest BCUT2D eigenvalue weighted by Crippen LogP contribution is -2.31. The minimum Gasteiger partial charge on any atom is -0.381 e. The average Bonchev–Trinajstić information content (AvgIpc) is 1.88. The Hall–Kier alpha value is -0.0800. The fourth-order valence-corrected chi connectivity index (χ4v) is 1.40. The van der Waals surface area contributed by atoms with E-state index in [-0.39, 0.29) is 0 Å². The van der Waals surface area contributed by atoms with Crippen LogP contribution in [0.2, 0.25) is 0 Å². The van der Waals surface area contributed by atoms with Gasteiger partial charge < -0.3 is 10.5 Å². The van der Waals surface area contributed by atoms with Crippen molar-refractivity contribution >= 4 is 0 Å². The van der Waals surface area contributed by atoms with Crippen molar-refractivity contribution in [1.29, 1.82) is 0 Å². The summed E-state index contributed by atoms with van der Waals surface area (Å²) in [7, 11) is 1.77. The molecule has 1 saturated carbocycles. The van der Waals surface area contributed by atoms with E-state index in [4.69, 9.17) is 10.5 Å². The minimum atomic E-state index is 0.392. The van der Waals surface area contributed by atoms with Crippen molar-refractivity contribution in [3.8, 4) is 0 Å². The fourth-order valence-electron chi connectivity index (χ4n) is 1.40. The summed E-state index contributed by atoms with van der Waals surface area (Å²) in [5.74, 6) is 0. The molecule has 0 aromatic heterocycles. The first-order valence-corrected chi connectivity index (χ1v) is 3.61. The fraction of sp³-hybridized carbons (Fsp3) is 1.00. The second-order valence-corrected chi connectivity index (χ2v) is 2.78. The third-order valence-electron chi connectivity index (χ3n) is 2.00. The Morgan fingerprint density at radius 1 is 1.44 bits per heavy atom. The maximum atomic E-state index is 5.72. The molecule has 9 heavy (non-hydrogen) atoms. The van der Waals surface area contributed by atoms with Gasteiger partial charge in [-0.05, 0) is 25.7 Å². The highest BCUT2D eigenvalue weighted by Crippen LogP contribution is 2.18. The quantitative estimate of drug-likeness (QED) is 0.571.